The maximum atomic E-state index is 5.76. The molecule has 1 heteroatoms. The summed E-state index contributed by atoms with van der Waals surface area (Å²) in [6.07, 6.45) is 6.28. The molecule has 0 aliphatic heterocycles. The fourth-order valence-corrected chi connectivity index (χ4v) is 1.89. The lowest BCUT2D eigenvalue weighted by atomic mass is 9.88. The Labute approximate surface area is 70.1 Å². The molecule has 1 rings (SSSR count). The fourth-order valence-electron chi connectivity index (χ4n) is 1.89. The lowest BCUT2D eigenvalue weighted by Crippen LogP contribution is -2.24. The van der Waals surface area contributed by atoms with E-state index in [9.17, 15) is 0 Å². The Morgan fingerprint density at radius 3 is 2.55 bits per heavy atom. The highest BCUT2D eigenvalue weighted by molar-refractivity contribution is 4.70. The zero-order chi connectivity index (χ0) is 8.27. The van der Waals surface area contributed by atoms with Crippen LogP contribution in [-0.2, 0) is 4.74 Å². The summed E-state index contributed by atoms with van der Waals surface area (Å²) in [7, 11) is 0. The van der Waals surface area contributed by atoms with Crippen LogP contribution in [0.1, 0.15) is 46.5 Å². The van der Waals surface area contributed by atoms with E-state index in [1.54, 1.807) is 0 Å². The Balaban J connectivity index is 2.23. The molecular weight excluding hydrogens is 136 g/mol. The highest BCUT2D eigenvalue weighted by Crippen LogP contribution is 2.26. The van der Waals surface area contributed by atoms with E-state index in [4.69, 9.17) is 4.74 Å². The fraction of sp³-hybridized carbons (Fsp3) is 1.00. The summed E-state index contributed by atoms with van der Waals surface area (Å²) in [5.41, 5.74) is 0. The Morgan fingerprint density at radius 2 is 2.00 bits per heavy atom. The number of hydrogen-bond donors (Lipinski definition) is 0. The summed E-state index contributed by atoms with van der Waals surface area (Å²) in [5, 5.41) is 0. The van der Waals surface area contributed by atoms with Crippen LogP contribution in [0.5, 0.6) is 0 Å². The first-order valence-electron chi connectivity index (χ1n) is 4.84. The van der Waals surface area contributed by atoms with Crippen molar-refractivity contribution in [1.29, 1.82) is 0 Å². The zero-order valence-corrected chi connectivity index (χ0v) is 7.97. The quantitative estimate of drug-likeness (QED) is 0.597. The minimum Gasteiger partial charge on any atom is -0.376 e. The molecule has 2 atom stereocenters. The highest BCUT2D eigenvalue weighted by atomic mass is 16.5. The molecule has 0 bridgehead atoms. The van der Waals surface area contributed by atoms with Gasteiger partial charge in [-0.05, 0) is 32.6 Å². The average molecular weight is 156 g/mol. The van der Waals surface area contributed by atoms with Gasteiger partial charge >= 0.3 is 0 Å². The Morgan fingerprint density at radius 1 is 1.27 bits per heavy atom. The molecule has 0 amide bonds. The van der Waals surface area contributed by atoms with Gasteiger partial charge in [-0.25, -0.2) is 0 Å². The molecule has 0 radical (unpaired) electrons. The van der Waals surface area contributed by atoms with Gasteiger partial charge < -0.3 is 4.74 Å². The van der Waals surface area contributed by atoms with Crippen molar-refractivity contribution >= 4 is 0 Å². The van der Waals surface area contributed by atoms with Crippen molar-refractivity contribution in [1.82, 2.24) is 0 Å². The normalized spacial score (nSPS) is 32.7. The summed E-state index contributed by atoms with van der Waals surface area (Å²) >= 11 is 0. The van der Waals surface area contributed by atoms with Crippen LogP contribution >= 0.6 is 0 Å². The lowest BCUT2D eigenvalue weighted by molar-refractivity contribution is -0.0218. The smallest absolute Gasteiger partial charge is 0.0581 e. The Bertz CT molecular complexity index is 107. The Hall–Kier alpha value is -0.0400. The summed E-state index contributed by atoms with van der Waals surface area (Å²) in [6.45, 7) is 6.58. The van der Waals surface area contributed by atoms with Crippen LogP contribution in [0.2, 0.25) is 0 Å². The number of rotatable bonds is 2. The van der Waals surface area contributed by atoms with E-state index in [1.165, 1.54) is 25.7 Å². The molecule has 0 heterocycles. The van der Waals surface area contributed by atoms with Gasteiger partial charge in [-0.1, -0.05) is 19.8 Å². The van der Waals surface area contributed by atoms with E-state index in [-0.39, 0.29) is 0 Å². The van der Waals surface area contributed by atoms with Crippen LogP contribution in [0.4, 0.5) is 0 Å². The highest BCUT2D eigenvalue weighted by Gasteiger charge is 2.19. The molecule has 0 unspecified atom stereocenters. The molecule has 11 heavy (non-hydrogen) atoms. The first-order chi connectivity index (χ1) is 5.18. The van der Waals surface area contributed by atoms with E-state index in [0.29, 0.717) is 12.2 Å². The number of hydrogen-bond acceptors (Lipinski definition) is 1. The Kier molecular flexibility index (Phi) is 3.38. The summed E-state index contributed by atoms with van der Waals surface area (Å²) in [4.78, 5) is 0. The van der Waals surface area contributed by atoms with Gasteiger partial charge in [0.05, 0.1) is 12.2 Å². The van der Waals surface area contributed by atoms with Gasteiger partial charge in [-0.3, -0.25) is 0 Å². The lowest BCUT2D eigenvalue weighted by Gasteiger charge is -2.28. The molecule has 1 nitrogen and oxygen atoms in total. The molecule has 0 aromatic heterocycles. The maximum Gasteiger partial charge on any atom is 0.0581 e. The van der Waals surface area contributed by atoms with E-state index in [2.05, 4.69) is 20.8 Å². The summed E-state index contributed by atoms with van der Waals surface area (Å²) < 4.78 is 5.76. The average Bonchev–Trinajstić information content (AvgIpc) is 1.85. The molecule has 1 aliphatic rings. The van der Waals surface area contributed by atoms with Crippen LogP contribution in [0.25, 0.3) is 0 Å². The summed E-state index contributed by atoms with van der Waals surface area (Å²) in [5.74, 6) is 0.882. The molecule has 0 saturated heterocycles. The molecule has 1 aliphatic carbocycles. The van der Waals surface area contributed by atoms with E-state index >= 15 is 0 Å². The van der Waals surface area contributed by atoms with Gasteiger partial charge in [0.15, 0.2) is 0 Å². The second-order valence-electron chi connectivity index (χ2n) is 4.08. The third-order valence-corrected chi connectivity index (χ3v) is 2.35. The molecule has 0 N–H and O–H groups in total. The van der Waals surface area contributed by atoms with Gasteiger partial charge in [-0.2, -0.15) is 0 Å². The van der Waals surface area contributed by atoms with Crippen molar-refractivity contribution < 1.29 is 4.74 Å². The largest absolute Gasteiger partial charge is 0.376 e. The van der Waals surface area contributed by atoms with Crippen molar-refractivity contribution in [3.8, 4) is 0 Å². The number of ether oxygens (including phenoxy) is 1. The predicted octanol–water partition coefficient (Wildman–Crippen LogP) is 2.99. The third-order valence-electron chi connectivity index (χ3n) is 2.35. The SMILES string of the molecule is CC(C)O[C@H]1CCC[C@@H](C)C1. The maximum absolute atomic E-state index is 5.76. The van der Waals surface area contributed by atoms with Gasteiger partial charge in [0.1, 0.15) is 0 Å². The standard InChI is InChI=1S/C10H20O/c1-8(2)11-10-6-4-5-9(3)7-10/h8-10H,4-7H2,1-3H3/t9-,10+/m1/s1. The molecule has 1 fully saturated rings. The van der Waals surface area contributed by atoms with Crippen molar-refractivity contribution in [2.75, 3.05) is 0 Å². The van der Waals surface area contributed by atoms with Crippen molar-refractivity contribution in [2.45, 2.75) is 58.7 Å². The second kappa shape index (κ2) is 4.10. The topological polar surface area (TPSA) is 9.23 Å². The van der Waals surface area contributed by atoms with Crippen molar-refractivity contribution in [3.05, 3.63) is 0 Å². The molecule has 0 aromatic rings. The monoisotopic (exact) mass is 156 g/mol. The van der Waals surface area contributed by atoms with Crippen LogP contribution in [-0.4, -0.2) is 12.2 Å². The van der Waals surface area contributed by atoms with Crippen LogP contribution in [0.3, 0.4) is 0 Å². The first kappa shape index (κ1) is 9.05. The van der Waals surface area contributed by atoms with Crippen molar-refractivity contribution in [2.24, 2.45) is 5.92 Å². The molecular formula is C10H20O. The van der Waals surface area contributed by atoms with Crippen LogP contribution in [0, 0.1) is 5.92 Å². The van der Waals surface area contributed by atoms with Crippen molar-refractivity contribution in [3.63, 3.8) is 0 Å². The third kappa shape index (κ3) is 3.24. The second-order valence-corrected chi connectivity index (χ2v) is 4.08. The van der Waals surface area contributed by atoms with E-state index in [0.717, 1.165) is 5.92 Å². The summed E-state index contributed by atoms with van der Waals surface area (Å²) in [6, 6.07) is 0. The minimum absolute atomic E-state index is 0.408. The van der Waals surface area contributed by atoms with E-state index < -0.39 is 0 Å². The van der Waals surface area contributed by atoms with Gasteiger partial charge in [0.2, 0.25) is 0 Å². The van der Waals surface area contributed by atoms with Crippen LogP contribution < -0.4 is 0 Å². The van der Waals surface area contributed by atoms with E-state index in [1.807, 2.05) is 0 Å². The van der Waals surface area contributed by atoms with Gasteiger partial charge in [0.25, 0.3) is 0 Å². The zero-order valence-electron chi connectivity index (χ0n) is 7.97. The van der Waals surface area contributed by atoms with Crippen LogP contribution in [0.15, 0.2) is 0 Å². The molecule has 1 saturated carbocycles. The predicted molar refractivity (Wildman–Crippen MR) is 47.6 cm³/mol. The van der Waals surface area contributed by atoms with Gasteiger partial charge in [-0.15, -0.1) is 0 Å². The van der Waals surface area contributed by atoms with Gasteiger partial charge in [0, 0.05) is 0 Å². The first-order valence-corrected chi connectivity index (χ1v) is 4.84. The molecule has 66 valence electrons. The minimum atomic E-state index is 0.408. The molecule has 0 aromatic carbocycles. The molecule has 0 spiro atoms.